The molecule has 0 aliphatic heterocycles. The van der Waals surface area contributed by atoms with Gasteiger partial charge in [0.25, 0.3) is 5.91 Å². The van der Waals surface area contributed by atoms with E-state index in [1.54, 1.807) is 0 Å². The summed E-state index contributed by atoms with van der Waals surface area (Å²) in [5.74, 6) is -3.27. The van der Waals surface area contributed by atoms with Crippen LogP contribution in [0.5, 0.6) is 0 Å². The zero-order valence-corrected chi connectivity index (χ0v) is 14.9. The van der Waals surface area contributed by atoms with Gasteiger partial charge in [0.05, 0.1) is 9.73 Å². The first-order valence-electron chi connectivity index (χ1n) is 7.60. The van der Waals surface area contributed by atoms with Crippen LogP contribution in [-0.4, -0.2) is 26.5 Å². The van der Waals surface area contributed by atoms with Gasteiger partial charge in [-0.1, -0.05) is 11.2 Å². The van der Waals surface area contributed by atoms with Crippen molar-refractivity contribution in [3.8, 4) is 11.4 Å². The zero-order valence-electron chi connectivity index (χ0n) is 14.1. The van der Waals surface area contributed by atoms with E-state index in [1.807, 2.05) is 0 Å². The van der Waals surface area contributed by atoms with Gasteiger partial charge in [0.15, 0.2) is 0 Å². The summed E-state index contributed by atoms with van der Waals surface area (Å²) in [6, 6.07) is 10.1. The number of rotatable bonds is 3. The second-order valence-electron chi connectivity index (χ2n) is 5.65. The molecule has 0 aliphatic carbocycles. The van der Waals surface area contributed by atoms with E-state index < -0.39 is 33.5 Å². The van der Waals surface area contributed by atoms with Crippen LogP contribution in [0.1, 0.15) is 16.2 Å². The van der Waals surface area contributed by atoms with Crippen LogP contribution in [0, 0.1) is 5.82 Å². The van der Waals surface area contributed by atoms with E-state index in [0.29, 0.717) is 0 Å². The number of alkyl halides is 3. The summed E-state index contributed by atoms with van der Waals surface area (Å²) in [6.45, 7) is 0. The molecule has 2 aromatic carbocycles. The largest absolute Gasteiger partial charge is 0.471 e. The Labute approximate surface area is 156 Å². The van der Waals surface area contributed by atoms with Gasteiger partial charge in [-0.15, -0.1) is 0 Å². The molecule has 3 aromatic rings. The maximum Gasteiger partial charge on any atom is 0.471 e. The molecule has 0 N–H and O–H groups in total. The third kappa shape index (κ3) is 4.25. The Balaban J connectivity index is 1.88. The Kier molecular flexibility index (Phi) is 5.02. The normalized spacial score (nSPS) is 13.8. The van der Waals surface area contributed by atoms with Crippen molar-refractivity contribution in [3.05, 3.63) is 65.8 Å². The molecule has 11 heteroatoms. The topological polar surface area (TPSA) is 85.4 Å². The molecule has 0 radical (unpaired) electrons. The highest BCUT2D eigenvalue weighted by Gasteiger charge is 2.38. The van der Waals surface area contributed by atoms with Crippen molar-refractivity contribution in [2.24, 2.45) is 4.36 Å². The minimum atomic E-state index is -4.76. The fourth-order valence-corrected chi connectivity index (χ4v) is 3.37. The smallest absolute Gasteiger partial charge is 0.329 e. The summed E-state index contributed by atoms with van der Waals surface area (Å²) < 4.78 is 71.3. The van der Waals surface area contributed by atoms with Crippen LogP contribution in [-0.2, 0) is 15.9 Å². The fraction of sp³-hybridized carbons (Fsp3) is 0.118. The molecule has 1 unspecified atom stereocenters. The van der Waals surface area contributed by atoms with Gasteiger partial charge in [0.2, 0.25) is 5.82 Å². The Morgan fingerprint density at radius 3 is 2.39 bits per heavy atom. The van der Waals surface area contributed by atoms with Crippen molar-refractivity contribution in [1.82, 2.24) is 10.1 Å². The number of hydrogen-bond acceptors (Lipinski definition) is 5. The molecule has 1 aromatic heterocycles. The lowest BCUT2D eigenvalue weighted by molar-refractivity contribution is -0.159. The van der Waals surface area contributed by atoms with Crippen molar-refractivity contribution < 1.29 is 31.1 Å². The van der Waals surface area contributed by atoms with Gasteiger partial charge in [-0.3, -0.25) is 4.79 Å². The lowest BCUT2D eigenvalue weighted by Crippen LogP contribution is -2.05. The first-order chi connectivity index (χ1) is 13.1. The van der Waals surface area contributed by atoms with Crippen LogP contribution in [0.3, 0.4) is 0 Å². The van der Waals surface area contributed by atoms with Crippen molar-refractivity contribution in [3.63, 3.8) is 0 Å². The van der Waals surface area contributed by atoms with E-state index in [0.717, 1.165) is 12.1 Å². The highest BCUT2D eigenvalue weighted by atomic mass is 32.2. The van der Waals surface area contributed by atoms with E-state index in [-0.39, 0.29) is 21.8 Å². The molecular weight excluding hydrogens is 402 g/mol. The molecule has 3 rings (SSSR count). The summed E-state index contributed by atoms with van der Waals surface area (Å²) in [6.07, 6.45) is -3.55. The predicted octanol–water partition coefficient (Wildman–Crippen LogP) is 4.19. The van der Waals surface area contributed by atoms with Gasteiger partial charge >= 0.3 is 12.1 Å². The number of nitrogens with zero attached hydrogens (tertiary/aromatic N) is 3. The molecule has 0 aliphatic rings. The zero-order chi connectivity index (χ0) is 20.5. The lowest BCUT2D eigenvalue weighted by Gasteiger charge is -2.05. The molecule has 0 fully saturated rings. The van der Waals surface area contributed by atoms with Gasteiger partial charge in [-0.25, -0.2) is 8.60 Å². The number of amides is 1. The molecule has 0 saturated carbocycles. The van der Waals surface area contributed by atoms with Crippen LogP contribution in [0.2, 0.25) is 0 Å². The number of halogens is 4. The SMILES string of the molecule is CS(=O)(=NC(=O)c1cccc(F)c1)c1ccc(-c2noc(C(F)(F)F)n2)cc1. The number of carbonyl (C=O) groups excluding carboxylic acids is 1. The van der Waals surface area contributed by atoms with Crippen molar-refractivity contribution in [2.45, 2.75) is 11.1 Å². The average Bonchev–Trinajstić information content (AvgIpc) is 3.12. The van der Waals surface area contributed by atoms with E-state index in [4.69, 9.17) is 0 Å². The second kappa shape index (κ2) is 7.15. The van der Waals surface area contributed by atoms with E-state index in [2.05, 4.69) is 19.0 Å². The quantitative estimate of drug-likeness (QED) is 0.601. The number of hydrogen-bond donors (Lipinski definition) is 0. The number of carbonyl (C=O) groups is 1. The Morgan fingerprint density at radius 2 is 1.82 bits per heavy atom. The summed E-state index contributed by atoms with van der Waals surface area (Å²) in [5, 5.41) is 3.25. The van der Waals surface area contributed by atoms with Gasteiger partial charge in [-0.05, 0) is 42.5 Å². The lowest BCUT2D eigenvalue weighted by atomic mass is 10.2. The minimum absolute atomic E-state index is 0.0577. The van der Waals surface area contributed by atoms with Gasteiger partial charge in [0.1, 0.15) is 5.82 Å². The van der Waals surface area contributed by atoms with Crippen LogP contribution < -0.4 is 0 Å². The van der Waals surface area contributed by atoms with Gasteiger partial charge < -0.3 is 4.52 Å². The van der Waals surface area contributed by atoms with Crippen molar-refractivity contribution in [1.29, 1.82) is 0 Å². The van der Waals surface area contributed by atoms with Crippen LogP contribution >= 0.6 is 0 Å². The second-order valence-corrected chi connectivity index (χ2v) is 7.91. The third-order valence-corrected chi connectivity index (χ3v) is 5.21. The monoisotopic (exact) mass is 413 g/mol. The molecule has 1 atom stereocenters. The molecule has 0 bridgehead atoms. The fourth-order valence-electron chi connectivity index (χ4n) is 2.20. The molecule has 1 heterocycles. The standard InChI is InChI=1S/C17H11F4N3O3S/c1-28(26,24-15(25)11-3-2-4-12(18)9-11)13-7-5-10(6-8-13)14-22-16(27-23-14)17(19,20)21/h2-9H,1H3. The molecule has 1 amide bonds. The number of benzene rings is 2. The highest BCUT2D eigenvalue weighted by Crippen LogP contribution is 2.29. The predicted molar refractivity (Wildman–Crippen MR) is 90.2 cm³/mol. The third-order valence-electron chi connectivity index (χ3n) is 3.55. The summed E-state index contributed by atoms with van der Waals surface area (Å²) in [4.78, 5) is 15.5. The Bertz CT molecular complexity index is 1150. The first-order valence-corrected chi connectivity index (χ1v) is 9.52. The maximum atomic E-state index is 13.2. The van der Waals surface area contributed by atoms with E-state index in [9.17, 15) is 26.6 Å². The van der Waals surface area contributed by atoms with Crippen molar-refractivity contribution >= 4 is 15.6 Å². The molecular formula is C17H11F4N3O3S. The summed E-state index contributed by atoms with van der Waals surface area (Å²) >= 11 is 0. The first kappa shape index (κ1) is 19.7. The summed E-state index contributed by atoms with van der Waals surface area (Å²) in [7, 11) is -3.18. The molecule has 6 nitrogen and oxygen atoms in total. The average molecular weight is 413 g/mol. The van der Waals surface area contributed by atoms with Gasteiger partial charge in [0, 0.05) is 22.3 Å². The molecule has 0 saturated heterocycles. The highest BCUT2D eigenvalue weighted by molar-refractivity contribution is 7.93. The van der Waals surface area contributed by atoms with Crippen molar-refractivity contribution in [2.75, 3.05) is 6.26 Å². The van der Waals surface area contributed by atoms with Crippen LogP contribution in [0.4, 0.5) is 17.6 Å². The summed E-state index contributed by atoms with van der Waals surface area (Å²) in [5.41, 5.74) is 0.132. The molecule has 146 valence electrons. The molecule has 28 heavy (non-hydrogen) atoms. The van der Waals surface area contributed by atoms with Crippen LogP contribution in [0.25, 0.3) is 11.4 Å². The van der Waals surface area contributed by atoms with E-state index in [1.165, 1.54) is 42.7 Å². The van der Waals surface area contributed by atoms with Crippen LogP contribution in [0.15, 0.2) is 62.3 Å². The van der Waals surface area contributed by atoms with Gasteiger partial charge in [-0.2, -0.15) is 22.5 Å². The minimum Gasteiger partial charge on any atom is -0.329 e. The maximum absolute atomic E-state index is 13.2. The molecule has 0 spiro atoms. The van der Waals surface area contributed by atoms with E-state index >= 15 is 0 Å². The number of aromatic nitrogens is 2. The Morgan fingerprint density at radius 1 is 1.14 bits per heavy atom. The Hall–Kier alpha value is -3.08.